The molecule has 0 fully saturated rings. The van der Waals surface area contributed by atoms with Gasteiger partial charge in [-0.1, -0.05) is 56.3 Å². The van der Waals surface area contributed by atoms with Crippen LogP contribution in [0.2, 0.25) is 0 Å². The summed E-state index contributed by atoms with van der Waals surface area (Å²) in [4.78, 5) is 13.8. The van der Waals surface area contributed by atoms with Crippen molar-refractivity contribution in [2.75, 3.05) is 11.9 Å². The van der Waals surface area contributed by atoms with Crippen molar-refractivity contribution in [3.8, 4) is 5.75 Å². The van der Waals surface area contributed by atoms with Crippen LogP contribution in [0.5, 0.6) is 5.75 Å². The van der Waals surface area contributed by atoms with Gasteiger partial charge in [-0.2, -0.15) is 5.10 Å². The number of benzene rings is 2. The zero-order chi connectivity index (χ0) is 24.3. The number of carbonyl (C=O) groups is 1. The summed E-state index contributed by atoms with van der Waals surface area (Å²) in [7, 11) is 0. The van der Waals surface area contributed by atoms with Gasteiger partial charge in [0.15, 0.2) is 5.78 Å². The van der Waals surface area contributed by atoms with Crippen molar-refractivity contribution >= 4 is 11.6 Å². The van der Waals surface area contributed by atoms with Crippen molar-refractivity contribution in [1.29, 1.82) is 0 Å². The first kappa shape index (κ1) is 24.1. The first-order valence-corrected chi connectivity index (χ1v) is 12.5. The summed E-state index contributed by atoms with van der Waals surface area (Å²) in [5, 5.41) is 8.31. The van der Waals surface area contributed by atoms with E-state index in [9.17, 15) is 4.79 Å². The largest absolute Gasteiger partial charge is 0.494 e. The quantitative estimate of drug-likeness (QED) is 0.353. The first-order chi connectivity index (χ1) is 16.3. The van der Waals surface area contributed by atoms with Crippen LogP contribution in [0.25, 0.3) is 0 Å². The number of rotatable bonds is 9. The number of nitrogens with zero attached hydrogens (tertiary/aromatic N) is 2. The predicted molar refractivity (Wildman–Crippen MR) is 138 cm³/mol. The number of hydrogen-bond donors (Lipinski definition) is 1. The molecule has 0 spiro atoms. The van der Waals surface area contributed by atoms with E-state index >= 15 is 0 Å². The number of anilines is 1. The second-order valence-corrected chi connectivity index (χ2v) is 9.99. The van der Waals surface area contributed by atoms with Crippen LogP contribution in [0.4, 0.5) is 5.82 Å². The molecule has 1 N–H and O–H groups in total. The normalized spacial score (nSPS) is 17.0. The molecule has 0 aliphatic carbocycles. The Balaban J connectivity index is 1.64. The van der Waals surface area contributed by atoms with Crippen LogP contribution in [0.1, 0.15) is 87.8 Å². The standard InChI is InChI=1S/C29H37N3O2/c1-6-29(7-2,22-14-16-23(17-15-22)34-8-3)19-26(33)24-20-30-32-27(24)31-25(18-28(32,4)5)21-12-10-9-11-13-21/h9-17,20,25,31H,6-8,18-19H2,1-5H3. The van der Waals surface area contributed by atoms with Crippen molar-refractivity contribution in [2.45, 2.75) is 77.3 Å². The van der Waals surface area contributed by atoms with Crippen LogP contribution in [-0.4, -0.2) is 22.2 Å². The summed E-state index contributed by atoms with van der Waals surface area (Å²) in [6, 6.07) is 18.9. The second kappa shape index (κ2) is 9.65. The van der Waals surface area contributed by atoms with Gasteiger partial charge in [0.2, 0.25) is 0 Å². The topological polar surface area (TPSA) is 56.1 Å². The van der Waals surface area contributed by atoms with Crippen LogP contribution >= 0.6 is 0 Å². The number of carbonyl (C=O) groups excluding carboxylic acids is 1. The maximum Gasteiger partial charge on any atom is 0.169 e. The minimum absolute atomic E-state index is 0.135. The SMILES string of the molecule is CCOc1ccc(C(CC)(CC)CC(=O)c2cnn3c2NC(c2ccccc2)CC3(C)C)cc1. The maximum atomic E-state index is 13.8. The van der Waals surface area contributed by atoms with Gasteiger partial charge in [-0.05, 0) is 63.3 Å². The molecular formula is C29H37N3O2. The fraction of sp³-hybridized carbons (Fsp3) is 0.448. The van der Waals surface area contributed by atoms with Crippen molar-refractivity contribution in [1.82, 2.24) is 9.78 Å². The third kappa shape index (κ3) is 4.48. The highest BCUT2D eigenvalue weighted by atomic mass is 16.5. The fourth-order valence-corrected chi connectivity index (χ4v) is 5.32. The molecule has 0 radical (unpaired) electrons. The van der Waals surface area contributed by atoms with Gasteiger partial charge >= 0.3 is 0 Å². The summed E-state index contributed by atoms with van der Waals surface area (Å²) >= 11 is 0. The van der Waals surface area contributed by atoms with E-state index in [1.807, 2.05) is 29.8 Å². The summed E-state index contributed by atoms with van der Waals surface area (Å²) in [6.45, 7) is 11.4. The zero-order valence-electron chi connectivity index (χ0n) is 21.1. The Labute approximate surface area is 203 Å². The molecule has 1 atom stereocenters. The molecular weight excluding hydrogens is 422 g/mol. The van der Waals surface area contributed by atoms with Gasteiger partial charge < -0.3 is 10.1 Å². The summed E-state index contributed by atoms with van der Waals surface area (Å²) in [5.74, 6) is 1.83. The van der Waals surface area contributed by atoms with Gasteiger partial charge in [0.1, 0.15) is 11.6 Å². The Morgan fingerprint density at radius 2 is 1.76 bits per heavy atom. The van der Waals surface area contributed by atoms with Gasteiger partial charge in [0.25, 0.3) is 0 Å². The smallest absolute Gasteiger partial charge is 0.169 e. The van der Waals surface area contributed by atoms with E-state index in [1.165, 1.54) is 11.1 Å². The van der Waals surface area contributed by atoms with Gasteiger partial charge in [-0.3, -0.25) is 4.79 Å². The van der Waals surface area contributed by atoms with Crippen LogP contribution in [0.3, 0.4) is 0 Å². The summed E-state index contributed by atoms with van der Waals surface area (Å²) in [5.41, 5.74) is 2.69. The molecule has 1 aliphatic rings. The number of nitrogens with one attached hydrogen (secondary N) is 1. The van der Waals surface area contributed by atoms with E-state index in [4.69, 9.17) is 4.74 Å². The molecule has 0 amide bonds. The molecule has 1 unspecified atom stereocenters. The lowest BCUT2D eigenvalue weighted by Crippen LogP contribution is -2.38. The van der Waals surface area contributed by atoms with Gasteiger partial charge in [-0.15, -0.1) is 0 Å². The molecule has 5 heteroatoms. The fourth-order valence-electron chi connectivity index (χ4n) is 5.32. The molecule has 1 aromatic heterocycles. The highest BCUT2D eigenvalue weighted by molar-refractivity contribution is 6.01. The van der Waals surface area contributed by atoms with E-state index in [2.05, 4.69) is 74.5 Å². The summed E-state index contributed by atoms with van der Waals surface area (Å²) < 4.78 is 7.62. The van der Waals surface area contributed by atoms with Crippen LogP contribution < -0.4 is 10.1 Å². The first-order valence-electron chi connectivity index (χ1n) is 12.5. The lowest BCUT2D eigenvalue weighted by Gasteiger charge is -2.38. The Morgan fingerprint density at radius 1 is 1.09 bits per heavy atom. The van der Waals surface area contributed by atoms with Crippen molar-refractivity contribution in [3.63, 3.8) is 0 Å². The number of Topliss-reactive ketones (excluding diaryl/α,β-unsaturated/α-hetero) is 1. The minimum Gasteiger partial charge on any atom is -0.494 e. The number of fused-ring (bicyclic) bond motifs is 1. The van der Waals surface area contributed by atoms with Gasteiger partial charge in [0.05, 0.1) is 29.9 Å². The molecule has 2 heterocycles. The molecule has 5 nitrogen and oxygen atoms in total. The lowest BCUT2D eigenvalue weighted by atomic mass is 9.71. The Morgan fingerprint density at radius 3 is 2.38 bits per heavy atom. The van der Waals surface area contributed by atoms with Gasteiger partial charge in [-0.25, -0.2) is 4.68 Å². The van der Waals surface area contributed by atoms with E-state index in [-0.39, 0.29) is 22.8 Å². The number of hydrogen-bond acceptors (Lipinski definition) is 4. The molecule has 2 aromatic carbocycles. The Hall–Kier alpha value is -3.08. The highest BCUT2D eigenvalue weighted by Gasteiger charge is 2.38. The molecule has 1 aliphatic heterocycles. The third-order valence-corrected chi connectivity index (χ3v) is 7.49. The summed E-state index contributed by atoms with van der Waals surface area (Å²) in [6.07, 6.45) is 4.88. The Bertz CT molecular complexity index is 1110. The third-order valence-electron chi connectivity index (χ3n) is 7.49. The van der Waals surface area contributed by atoms with E-state index in [0.29, 0.717) is 18.6 Å². The molecule has 180 valence electrons. The number of ether oxygens (including phenoxy) is 1. The zero-order valence-corrected chi connectivity index (χ0v) is 21.1. The monoisotopic (exact) mass is 459 g/mol. The Kier molecular flexibility index (Phi) is 6.83. The highest BCUT2D eigenvalue weighted by Crippen LogP contribution is 2.42. The molecule has 4 rings (SSSR count). The van der Waals surface area contributed by atoms with Crippen molar-refractivity contribution in [3.05, 3.63) is 77.5 Å². The molecule has 0 bridgehead atoms. The molecule has 34 heavy (non-hydrogen) atoms. The van der Waals surface area contributed by atoms with Crippen LogP contribution in [0.15, 0.2) is 60.8 Å². The van der Waals surface area contributed by atoms with Crippen molar-refractivity contribution < 1.29 is 9.53 Å². The van der Waals surface area contributed by atoms with E-state index in [1.54, 1.807) is 6.20 Å². The average Bonchev–Trinajstić information content (AvgIpc) is 3.29. The van der Waals surface area contributed by atoms with Crippen molar-refractivity contribution in [2.24, 2.45) is 0 Å². The van der Waals surface area contributed by atoms with Gasteiger partial charge in [0, 0.05) is 11.8 Å². The average molecular weight is 460 g/mol. The molecule has 0 saturated heterocycles. The van der Waals surface area contributed by atoms with E-state index < -0.39 is 0 Å². The van der Waals surface area contributed by atoms with Crippen LogP contribution in [-0.2, 0) is 11.0 Å². The minimum atomic E-state index is -0.223. The molecule has 3 aromatic rings. The second-order valence-electron chi connectivity index (χ2n) is 9.99. The van der Waals surface area contributed by atoms with E-state index in [0.717, 1.165) is 30.8 Å². The number of aromatic nitrogens is 2. The molecule has 0 saturated carbocycles. The maximum absolute atomic E-state index is 13.8. The van der Waals surface area contributed by atoms with Crippen LogP contribution in [0, 0.1) is 0 Å². The number of ketones is 1. The predicted octanol–water partition coefficient (Wildman–Crippen LogP) is 6.90. The lowest BCUT2D eigenvalue weighted by molar-refractivity contribution is 0.0944.